The standard InChI is InChI=1S/C12H14N4/c1-7-3-10-11(4-8(7)2)16-6-9(5-13)14-12(16)15-10/h3-4,6H,5,13H2,1-2H3,(H,14,15). The summed E-state index contributed by atoms with van der Waals surface area (Å²) in [6.07, 6.45) is 2.01. The fraction of sp³-hybridized carbons (Fsp3) is 0.250. The number of nitrogens with zero attached hydrogens (tertiary/aromatic N) is 2. The van der Waals surface area contributed by atoms with Gasteiger partial charge >= 0.3 is 0 Å². The Morgan fingerprint density at radius 1 is 1.31 bits per heavy atom. The molecule has 16 heavy (non-hydrogen) atoms. The van der Waals surface area contributed by atoms with Gasteiger partial charge in [-0.15, -0.1) is 0 Å². The lowest BCUT2D eigenvalue weighted by molar-refractivity contribution is 1.01. The summed E-state index contributed by atoms with van der Waals surface area (Å²) in [7, 11) is 0. The maximum atomic E-state index is 5.60. The number of imidazole rings is 2. The first-order chi connectivity index (χ1) is 7.69. The van der Waals surface area contributed by atoms with Crippen LogP contribution in [0, 0.1) is 13.8 Å². The van der Waals surface area contributed by atoms with E-state index in [0.717, 1.165) is 22.5 Å². The second-order valence-electron chi connectivity index (χ2n) is 4.21. The molecule has 3 N–H and O–H groups in total. The van der Waals surface area contributed by atoms with Crippen molar-refractivity contribution in [1.82, 2.24) is 14.4 Å². The highest BCUT2D eigenvalue weighted by molar-refractivity contribution is 5.81. The number of hydrogen-bond acceptors (Lipinski definition) is 2. The summed E-state index contributed by atoms with van der Waals surface area (Å²) in [5.74, 6) is 0.862. The minimum Gasteiger partial charge on any atom is -0.326 e. The van der Waals surface area contributed by atoms with Crippen LogP contribution in [0.25, 0.3) is 16.8 Å². The van der Waals surface area contributed by atoms with E-state index in [1.165, 1.54) is 11.1 Å². The number of aromatic amines is 1. The van der Waals surface area contributed by atoms with Crippen LogP contribution in [0.5, 0.6) is 0 Å². The van der Waals surface area contributed by atoms with E-state index in [4.69, 9.17) is 5.73 Å². The molecule has 4 nitrogen and oxygen atoms in total. The maximum Gasteiger partial charge on any atom is 0.212 e. The maximum absolute atomic E-state index is 5.60. The number of hydrogen-bond donors (Lipinski definition) is 2. The fourth-order valence-corrected chi connectivity index (χ4v) is 2.00. The Morgan fingerprint density at radius 2 is 2.06 bits per heavy atom. The molecule has 0 unspecified atom stereocenters. The Morgan fingerprint density at radius 3 is 2.81 bits per heavy atom. The number of H-pyrrole nitrogens is 1. The van der Waals surface area contributed by atoms with Gasteiger partial charge < -0.3 is 10.7 Å². The molecule has 4 heteroatoms. The van der Waals surface area contributed by atoms with Gasteiger partial charge in [-0.25, -0.2) is 4.98 Å². The fourth-order valence-electron chi connectivity index (χ4n) is 2.00. The van der Waals surface area contributed by atoms with Gasteiger partial charge in [-0.1, -0.05) is 0 Å². The largest absolute Gasteiger partial charge is 0.326 e. The van der Waals surface area contributed by atoms with Crippen molar-refractivity contribution in [3.63, 3.8) is 0 Å². The summed E-state index contributed by atoms with van der Waals surface area (Å²) in [5, 5.41) is 0. The summed E-state index contributed by atoms with van der Waals surface area (Å²) >= 11 is 0. The molecule has 0 saturated heterocycles. The van der Waals surface area contributed by atoms with Crippen LogP contribution in [0.4, 0.5) is 0 Å². The van der Waals surface area contributed by atoms with Crippen LogP contribution in [0.3, 0.4) is 0 Å². The molecular formula is C12H14N4. The molecular weight excluding hydrogens is 200 g/mol. The predicted molar refractivity (Wildman–Crippen MR) is 64.4 cm³/mol. The SMILES string of the molecule is Cc1cc2nc3[nH]c(CN)cn3c2cc1C. The molecule has 0 saturated carbocycles. The van der Waals surface area contributed by atoms with Gasteiger partial charge in [-0.2, -0.15) is 0 Å². The van der Waals surface area contributed by atoms with Crippen molar-refractivity contribution in [3.8, 4) is 0 Å². The highest BCUT2D eigenvalue weighted by Crippen LogP contribution is 2.20. The highest BCUT2D eigenvalue weighted by atomic mass is 15.1. The number of fused-ring (bicyclic) bond motifs is 3. The third-order valence-electron chi connectivity index (χ3n) is 3.08. The molecule has 0 spiro atoms. The van der Waals surface area contributed by atoms with Crippen LogP contribution in [0.15, 0.2) is 18.3 Å². The molecule has 0 radical (unpaired) electrons. The Hall–Kier alpha value is -1.81. The summed E-state index contributed by atoms with van der Waals surface area (Å²) in [6.45, 7) is 4.73. The lowest BCUT2D eigenvalue weighted by Crippen LogP contribution is -1.95. The molecule has 0 fully saturated rings. The minimum absolute atomic E-state index is 0.510. The number of aryl methyl sites for hydroxylation is 2. The highest BCUT2D eigenvalue weighted by Gasteiger charge is 2.08. The van der Waals surface area contributed by atoms with E-state index >= 15 is 0 Å². The van der Waals surface area contributed by atoms with Crippen LogP contribution >= 0.6 is 0 Å². The average molecular weight is 214 g/mol. The van der Waals surface area contributed by atoms with Crippen molar-refractivity contribution < 1.29 is 0 Å². The number of aromatic nitrogens is 3. The second-order valence-corrected chi connectivity index (χ2v) is 4.21. The summed E-state index contributed by atoms with van der Waals surface area (Å²) in [6, 6.07) is 4.28. The molecule has 3 aromatic rings. The van der Waals surface area contributed by atoms with E-state index in [0.29, 0.717) is 6.54 Å². The molecule has 2 heterocycles. The van der Waals surface area contributed by atoms with Gasteiger partial charge in [-0.05, 0) is 37.1 Å². The summed E-state index contributed by atoms with van der Waals surface area (Å²) < 4.78 is 2.06. The van der Waals surface area contributed by atoms with Crippen molar-refractivity contribution in [2.24, 2.45) is 5.73 Å². The third kappa shape index (κ3) is 1.17. The van der Waals surface area contributed by atoms with E-state index in [2.05, 4.69) is 40.3 Å². The van der Waals surface area contributed by atoms with E-state index in [9.17, 15) is 0 Å². The monoisotopic (exact) mass is 214 g/mol. The predicted octanol–water partition coefficient (Wildman–Crippen LogP) is 1.89. The summed E-state index contributed by atoms with van der Waals surface area (Å²) in [4.78, 5) is 7.74. The Bertz CT molecular complexity index is 675. The van der Waals surface area contributed by atoms with Crippen LogP contribution in [-0.4, -0.2) is 14.4 Å². The van der Waals surface area contributed by atoms with E-state index in [-0.39, 0.29) is 0 Å². The van der Waals surface area contributed by atoms with E-state index in [1.807, 2.05) is 6.20 Å². The Labute approximate surface area is 93.1 Å². The van der Waals surface area contributed by atoms with Crippen LogP contribution < -0.4 is 5.73 Å². The molecule has 0 atom stereocenters. The average Bonchev–Trinajstić information content (AvgIpc) is 2.77. The zero-order valence-corrected chi connectivity index (χ0v) is 9.41. The molecule has 0 aliphatic rings. The quantitative estimate of drug-likeness (QED) is 0.650. The molecule has 0 bridgehead atoms. The van der Waals surface area contributed by atoms with Gasteiger partial charge in [0.1, 0.15) is 0 Å². The first-order valence-electron chi connectivity index (χ1n) is 5.36. The molecule has 0 amide bonds. The zero-order chi connectivity index (χ0) is 11.3. The smallest absolute Gasteiger partial charge is 0.212 e. The van der Waals surface area contributed by atoms with Gasteiger partial charge in [0.15, 0.2) is 0 Å². The van der Waals surface area contributed by atoms with E-state index < -0.39 is 0 Å². The Kier molecular flexibility index (Phi) is 1.82. The minimum atomic E-state index is 0.510. The van der Waals surface area contributed by atoms with Crippen molar-refractivity contribution in [1.29, 1.82) is 0 Å². The normalized spacial score (nSPS) is 11.7. The van der Waals surface area contributed by atoms with Gasteiger partial charge in [0.2, 0.25) is 5.78 Å². The lowest BCUT2D eigenvalue weighted by atomic mass is 10.1. The number of nitrogens with one attached hydrogen (secondary N) is 1. The van der Waals surface area contributed by atoms with Gasteiger partial charge in [0, 0.05) is 18.4 Å². The lowest BCUT2D eigenvalue weighted by Gasteiger charge is -1.98. The van der Waals surface area contributed by atoms with Crippen molar-refractivity contribution in [2.45, 2.75) is 20.4 Å². The number of rotatable bonds is 1. The zero-order valence-electron chi connectivity index (χ0n) is 9.41. The molecule has 2 aromatic heterocycles. The van der Waals surface area contributed by atoms with E-state index in [1.54, 1.807) is 0 Å². The van der Waals surface area contributed by atoms with Crippen LogP contribution in [0.2, 0.25) is 0 Å². The summed E-state index contributed by atoms with van der Waals surface area (Å²) in [5.41, 5.74) is 11.3. The van der Waals surface area contributed by atoms with Gasteiger partial charge in [0.05, 0.1) is 11.0 Å². The van der Waals surface area contributed by atoms with Crippen molar-refractivity contribution in [3.05, 3.63) is 35.2 Å². The number of benzene rings is 1. The van der Waals surface area contributed by atoms with Crippen molar-refractivity contribution >= 4 is 16.8 Å². The van der Waals surface area contributed by atoms with Crippen LogP contribution in [0.1, 0.15) is 16.8 Å². The Balaban J connectivity index is 2.41. The third-order valence-corrected chi connectivity index (χ3v) is 3.08. The first-order valence-corrected chi connectivity index (χ1v) is 5.36. The van der Waals surface area contributed by atoms with Crippen molar-refractivity contribution in [2.75, 3.05) is 0 Å². The molecule has 0 aliphatic heterocycles. The second kappa shape index (κ2) is 3.09. The van der Waals surface area contributed by atoms with Crippen LogP contribution in [-0.2, 0) is 6.54 Å². The van der Waals surface area contributed by atoms with Gasteiger partial charge in [-0.3, -0.25) is 4.40 Å². The molecule has 1 aromatic carbocycles. The van der Waals surface area contributed by atoms with Gasteiger partial charge in [0.25, 0.3) is 0 Å². The molecule has 3 rings (SSSR count). The first kappa shape index (κ1) is 9.42. The molecule has 82 valence electrons. The molecule has 0 aliphatic carbocycles. The topological polar surface area (TPSA) is 59.1 Å². The number of nitrogens with two attached hydrogens (primary N) is 1.